The van der Waals surface area contributed by atoms with Crippen molar-refractivity contribution in [2.45, 2.75) is 45.1 Å². The van der Waals surface area contributed by atoms with Gasteiger partial charge in [0.05, 0.1) is 18.5 Å². The molecule has 0 aliphatic heterocycles. The highest BCUT2D eigenvalue weighted by Crippen LogP contribution is 2.38. The van der Waals surface area contributed by atoms with Crippen molar-refractivity contribution in [3.8, 4) is 5.75 Å². The number of hydrogen-bond acceptors (Lipinski definition) is 6. The number of thiophene rings is 1. The fourth-order valence-electron chi connectivity index (χ4n) is 4.19. The minimum Gasteiger partial charge on any atom is -0.497 e. The normalized spacial score (nSPS) is 15.2. The zero-order valence-electron chi connectivity index (χ0n) is 17.8. The van der Waals surface area contributed by atoms with Crippen LogP contribution in [0.1, 0.15) is 47.1 Å². The van der Waals surface area contributed by atoms with Gasteiger partial charge in [-0.2, -0.15) is 0 Å². The first-order chi connectivity index (χ1) is 14.1. The van der Waals surface area contributed by atoms with Crippen LogP contribution in [0.15, 0.2) is 24.3 Å². The Balaban J connectivity index is 1.64. The molecule has 0 amide bonds. The highest BCUT2D eigenvalue weighted by atomic mass is 32.1. The summed E-state index contributed by atoms with van der Waals surface area (Å²) >= 11 is 1.87. The molecule has 6 heteroatoms. The summed E-state index contributed by atoms with van der Waals surface area (Å²) in [6.45, 7) is 2.78. The average Bonchev–Trinajstić information content (AvgIpc) is 2.89. The van der Waals surface area contributed by atoms with Gasteiger partial charge in [0, 0.05) is 11.4 Å². The monoisotopic (exact) mass is 410 g/mol. The van der Waals surface area contributed by atoms with E-state index in [1.54, 1.807) is 7.11 Å². The zero-order valence-corrected chi connectivity index (χ0v) is 18.6. The van der Waals surface area contributed by atoms with Crippen molar-refractivity contribution in [2.75, 3.05) is 33.1 Å². The van der Waals surface area contributed by atoms with E-state index in [4.69, 9.17) is 14.7 Å². The summed E-state index contributed by atoms with van der Waals surface area (Å²) < 4.78 is 5.31. The Bertz CT molecular complexity index is 981. The second kappa shape index (κ2) is 8.67. The standard InChI is InChI=1S/C23H30N4OS/c1-15-25-22(21-18-8-6-5-7-9-20(18)29-23(21)26-15)24-14-19(27(2)3)16-10-12-17(28-4)13-11-16/h10-13,19H,5-9,14H2,1-4H3,(H,24,25,26)/t19-/m1/s1. The van der Waals surface area contributed by atoms with Gasteiger partial charge in [0.2, 0.25) is 0 Å². The summed E-state index contributed by atoms with van der Waals surface area (Å²) in [7, 11) is 5.94. The van der Waals surface area contributed by atoms with Crippen molar-refractivity contribution in [3.05, 3.63) is 46.1 Å². The van der Waals surface area contributed by atoms with Crippen molar-refractivity contribution in [1.29, 1.82) is 0 Å². The van der Waals surface area contributed by atoms with Crippen molar-refractivity contribution >= 4 is 27.4 Å². The van der Waals surface area contributed by atoms with E-state index in [-0.39, 0.29) is 6.04 Å². The first-order valence-corrected chi connectivity index (χ1v) is 11.2. The van der Waals surface area contributed by atoms with Crippen LogP contribution in [-0.2, 0) is 12.8 Å². The molecule has 1 aliphatic carbocycles. The van der Waals surface area contributed by atoms with Gasteiger partial charge in [0.25, 0.3) is 0 Å². The molecule has 1 atom stereocenters. The Morgan fingerprint density at radius 2 is 1.86 bits per heavy atom. The van der Waals surface area contributed by atoms with Gasteiger partial charge in [-0.3, -0.25) is 0 Å². The molecule has 0 saturated heterocycles. The van der Waals surface area contributed by atoms with Crippen LogP contribution in [0.4, 0.5) is 5.82 Å². The number of likely N-dealkylation sites (N-methyl/N-ethyl adjacent to an activating group) is 1. The molecule has 2 aromatic heterocycles. The number of aromatic nitrogens is 2. The molecular weight excluding hydrogens is 380 g/mol. The Labute approximate surface area is 177 Å². The van der Waals surface area contributed by atoms with Crippen LogP contribution in [-0.4, -0.2) is 42.6 Å². The largest absolute Gasteiger partial charge is 0.497 e. The van der Waals surface area contributed by atoms with Crippen LogP contribution in [0, 0.1) is 6.92 Å². The molecule has 1 aliphatic rings. The lowest BCUT2D eigenvalue weighted by molar-refractivity contribution is 0.311. The van der Waals surface area contributed by atoms with Gasteiger partial charge in [0.15, 0.2) is 0 Å². The molecule has 5 nitrogen and oxygen atoms in total. The van der Waals surface area contributed by atoms with E-state index < -0.39 is 0 Å². The van der Waals surface area contributed by atoms with Gasteiger partial charge in [-0.05, 0) is 70.0 Å². The molecule has 1 N–H and O–H groups in total. The second-order valence-electron chi connectivity index (χ2n) is 8.00. The molecule has 3 aromatic rings. The Morgan fingerprint density at radius 1 is 1.10 bits per heavy atom. The Morgan fingerprint density at radius 3 is 2.59 bits per heavy atom. The van der Waals surface area contributed by atoms with E-state index in [9.17, 15) is 0 Å². The SMILES string of the molecule is COc1ccc([C@@H](CNc2nc(C)nc3sc4c(c23)CCCCC4)N(C)C)cc1. The van der Waals surface area contributed by atoms with Crippen LogP contribution in [0.5, 0.6) is 5.75 Å². The molecule has 1 aromatic carbocycles. The highest BCUT2D eigenvalue weighted by Gasteiger charge is 2.21. The van der Waals surface area contributed by atoms with Gasteiger partial charge < -0.3 is 15.0 Å². The van der Waals surface area contributed by atoms with Gasteiger partial charge in [-0.1, -0.05) is 18.6 Å². The quantitative estimate of drug-likeness (QED) is 0.580. The molecule has 0 spiro atoms. The summed E-state index contributed by atoms with van der Waals surface area (Å²) in [5.74, 6) is 2.71. The van der Waals surface area contributed by atoms with E-state index in [0.29, 0.717) is 0 Å². The van der Waals surface area contributed by atoms with Crippen LogP contribution < -0.4 is 10.1 Å². The lowest BCUT2D eigenvalue weighted by Crippen LogP contribution is -2.27. The van der Waals surface area contributed by atoms with E-state index in [1.807, 2.05) is 30.4 Å². The Hall–Kier alpha value is -2.18. The number of hydrogen-bond donors (Lipinski definition) is 1. The molecular formula is C23H30N4OS. The first-order valence-electron chi connectivity index (χ1n) is 10.4. The average molecular weight is 411 g/mol. The maximum Gasteiger partial charge on any atom is 0.138 e. The number of nitrogens with zero attached hydrogens (tertiary/aromatic N) is 3. The molecule has 0 fully saturated rings. The van der Waals surface area contributed by atoms with E-state index in [1.165, 1.54) is 47.1 Å². The van der Waals surface area contributed by atoms with Gasteiger partial charge in [-0.25, -0.2) is 9.97 Å². The van der Waals surface area contributed by atoms with E-state index in [0.717, 1.165) is 35.2 Å². The van der Waals surface area contributed by atoms with Crippen molar-refractivity contribution in [1.82, 2.24) is 14.9 Å². The number of fused-ring (bicyclic) bond motifs is 3. The maximum atomic E-state index is 5.31. The zero-order chi connectivity index (χ0) is 20.4. The smallest absolute Gasteiger partial charge is 0.138 e. The third kappa shape index (κ3) is 4.23. The van der Waals surface area contributed by atoms with Crippen molar-refractivity contribution < 1.29 is 4.74 Å². The predicted molar refractivity (Wildman–Crippen MR) is 121 cm³/mol. The van der Waals surface area contributed by atoms with Crippen LogP contribution in [0.25, 0.3) is 10.2 Å². The number of ether oxygens (including phenoxy) is 1. The lowest BCUT2D eigenvalue weighted by atomic mass is 10.1. The fourth-order valence-corrected chi connectivity index (χ4v) is 5.49. The first kappa shape index (κ1) is 20.1. The minimum absolute atomic E-state index is 0.239. The summed E-state index contributed by atoms with van der Waals surface area (Å²) in [6, 6.07) is 8.57. The summed E-state index contributed by atoms with van der Waals surface area (Å²) in [4.78, 5) is 14.5. The van der Waals surface area contributed by atoms with Crippen LogP contribution in [0.3, 0.4) is 0 Å². The summed E-state index contributed by atoms with van der Waals surface area (Å²) in [5, 5.41) is 4.93. The summed E-state index contributed by atoms with van der Waals surface area (Å²) in [5.41, 5.74) is 2.74. The molecule has 29 heavy (non-hydrogen) atoms. The van der Waals surface area contributed by atoms with Crippen molar-refractivity contribution in [3.63, 3.8) is 0 Å². The number of rotatable bonds is 6. The number of benzene rings is 1. The third-order valence-electron chi connectivity index (χ3n) is 5.76. The Kier molecular flexibility index (Phi) is 6.01. The molecule has 4 rings (SSSR count). The minimum atomic E-state index is 0.239. The highest BCUT2D eigenvalue weighted by molar-refractivity contribution is 7.19. The lowest BCUT2D eigenvalue weighted by Gasteiger charge is -2.26. The predicted octanol–water partition coefficient (Wildman–Crippen LogP) is 4.99. The van der Waals surface area contributed by atoms with E-state index in [2.05, 4.69) is 36.4 Å². The molecule has 0 unspecified atom stereocenters. The topological polar surface area (TPSA) is 50.3 Å². The fraction of sp³-hybridized carbons (Fsp3) is 0.478. The molecule has 154 valence electrons. The molecule has 2 heterocycles. The van der Waals surface area contributed by atoms with Gasteiger partial charge >= 0.3 is 0 Å². The number of anilines is 1. The molecule has 0 radical (unpaired) electrons. The number of methoxy groups -OCH3 is 1. The maximum absolute atomic E-state index is 5.31. The van der Waals surface area contributed by atoms with Crippen LogP contribution in [0.2, 0.25) is 0 Å². The number of nitrogens with one attached hydrogen (secondary N) is 1. The molecule has 0 bridgehead atoms. The molecule has 0 saturated carbocycles. The van der Waals surface area contributed by atoms with Gasteiger partial charge in [0.1, 0.15) is 22.2 Å². The van der Waals surface area contributed by atoms with Gasteiger partial charge in [-0.15, -0.1) is 11.3 Å². The third-order valence-corrected chi connectivity index (χ3v) is 6.95. The van der Waals surface area contributed by atoms with E-state index >= 15 is 0 Å². The number of aryl methyl sites for hydroxylation is 3. The summed E-state index contributed by atoms with van der Waals surface area (Å²) in [6.07, 6.45) is 6.19. The second-order valence-corrected chi connectivity index (χ2v) is 9.08. The van der Waals surface area contributed by atoms with Crippen molar-refractivity contribution in [2.24, 2.45) is 0 Å². The van der Waals surface area contributed by atoms with Crippen LogP contribution >= 0.6 is 11.3 Å².